The molecule has 0 spiro atoms. The Morgan fingerprint density at radius 3 is 2.30 bits per heavy atom. The number of carbonyl (C=O) groups is 3. The van der Waals surface area contributed by atoms with Crippen LogP contribution in [0.3, 0.4) is 0 Å². The van der Waals surface area contributed by atoms with Crippen LogP contribution in [0.2, 0.25) is 0 Å². The standard InChI is InChI=1S/C13H22N2O5/c1-9(16)15-10(11(17)18)7-5-6-8-14-12(19)20-13(2,3)4/h5-6,10H,7-8H2,1-4H3,(H,14,19)(H,15,16)(H,17,18)/b6-5+. The van der Waals surface area contributed by atoms with Gasteiger partial charge in [-0.1, -0.05) is 12.2 Å². The quantitative estimate of drug-likeness (QED) is 0.633. The molecular weight excluding hydrogens is 264 g/mol. The molecule has 114 valence electrons. The van der Waals surface area contributed by atoms with Gasteiger partial charge >= 0.3 is 12.1 Å². The number of carboxylic acid groups (broad SMARTS) is 1. The van der Waals surface area contributed by atoms with Crippen LogP contribution >= 0.6 is 0 Å². The minimum absolute atomic E-state index is 0.144. The van der Waals surface area contributed by atoms with Gasteiger partial charge in [0, 0.05) is 13.5 Å². The summed E-state index contributed by atoms with van der Waals surface area (Å²) >= 11 is 0. The maximum absolute atomic E-state index is 11.3. The number of nitrogens with one attached hydrogen (secondary N) is 2. The third-order valence-corrected chi connectivity index (χ3v) is 1.98. The van der Waals surface area contributed by atoms with Crippen molar-refractivity contribution in [3.63, 3.8) is 0 Å². The van der Waals surface area contributed by atoms with E-state index in [2.05, 4.69) is 10.6 Å². The predicted octanol–water partition coefficient (Wildman–Crippen LogP) is 1.05. The van der Waals surface area contributed by atoms with E-state index >= 15 is 0 Å². The van der Waals surface area contributed by atoms with E-state index in [1.165, 1.54) is 6.92 Å². The highest BCUT2D eigenvalue weighted by Crippen LogP contribution is 2.06. The number of rotatable bonds is 6. The molecule has 0 radical (unpaired) electrons. The van der Waals surface area contributed by atoms with Crippen molar-refractivity contribution in [3.05, 3.63) is 12.2 Å². The molecule has 0 aromatic carbocycles. The molecule has 0 saturated heterocycles. The van der Waals surface area contributed by atoms with Crippen LogP contribution in [0.25, 0.3) is 0 Å². The normalized spacial score (nSPS) is 12.8. The fourth-order valence-corrected chi connectivity index (χ4v) is 1.24. The molecule has 0 bridgehead atoms. The Kier molecular flexibility index (Phi) is 7.35. The lowest BCUT2D eigenvalue weighted by atomic mass is 10.2. The first-order valence-electron chi connectivity index (χ1n) is 6.23. The number of aliphatic carboxylic acids is 1. The number of hydrogen-bond acceptors (Lipinski definition) is 4. The molecule has 0 aliphatic heterocycles. The van der Waals surface area contributed by atoms with Crippen molar-refractivity contribution in [1.82, 2.24) is 10.6 Å². The number of hydrogen-bond donors (Lipinski definition) is 3. The van der Waals surface area contributed by atoms with Crippen molar-refractivity contribution < 1.29 is 24.2 Å². The fourth-order valence-electron chi connectivity index (χ4n) is 1.24. The number of alkyl carbamates (subject to hydrolysis) is 1. The van der Waals surface area contributed by atoms with Crippen LogP contribution in [0, 0.1) is 0 Å². The number of carboxylic acids is 1. The second kappa shape index (κ2) is 8.19. The van der Waals surface area contributed by atoms with Gasteiger partial charge in [-0.3, -0.25) is 4.79 Å². The van der Waals surface area contributed by atoms with Crippen LogP contribution in [0.15, 0.2) is 12.2 Å². The average Bonchev–Trinajstić information content (AvgIpc) is 2.23. The molecular formula is C13H22N2O5. The molecule has 0 aliphatic carbocycles. The lowest BCUT2D eigenvalue weighted by Crippen LogP contribution is -2.39. The predicted molar refractivity (Wildman–Crippen MR) is 73.2 cm³/mol. The van der Waals surface area contributed by atoms with Crippen LogP contribution in [0.1, 0.15) is 34.1 Å². The molecule has 0 aliphatic rings. The van der Waals surface area contributed by atoms with E-state index in [0.29, 0.717) is 0 Å². The highest BCUT2D eigenvalue weighted by molar-refractivity contribution is 5.82. The van der Waals surface area contributed by atoms with E-state index in [9.17, 15) is 14.4 Å². The van der Waals surface area contributed by atoms with E-state index in [0.717, 1.165) is 0 Å². The minimum atomic E-state index is -1.11. The summed E-state index contributed by atoms with van der Waals surface area (Å²) in [6.07, 6.45) is 2.78. The van der Waals surface area contributed by atoms with Crippen molar-refractivity contribution in [2.75, 3.05) is 6.54 Å². The van der Waals surface area contributed by atoms with E-state index in [4.69, 9.17) is 9.84 Å². The van der Waals surface area contributed by atoms with Crippen molar-refractivity contribution in [2.45, 2.75) is 45.8 Å². The van der Waals surface area contributed by atoms with Gasteiger partial charge in [-0.2, -0.15) is 0 Å². The van der Waals surface area contributed by atoms with Crippen molar-refractivity contribution >= 4 is 18.0 Å². The largest absolute Gasteiger partial charge is 0.480 e. The summed E-state index contributed by atoms with van der Waals surface area (Å²) in [4.78, 5) is 32.9. The summed E-state index contributed by atoms with van der Waals surface area (Å²) in [5.41, 5.74) is -0.562. The van der Waals surface area contributed by atoms with E-state index in [1.807, 2.05) is 0 Å². The summed E-state index contributed by atoms with van der Waals surface area (Å²) in [5, 5.41) is 13.7. The zero-order chi connectivity index (χ0) is 15.8. The van der Waals surface area contributed by atoms with Gasteiger partial charge in [-0.15, -0.1) is 0 Å². The van der Waals surface area contributed by atoms with Crippen LogP contribution < -0.4 is 10.6 Å². The SMILES string of the molecule is CC(=O)NC(C/C=C/CNC(=O)OC(C)(C)C)C(=O)O. The Hall–Kier alpha value is -2.05. The summed E-state index contributed by atoms with van der Waals surface area (Å²) in [7, 11) is 0. The molecule has 1 atom stereocenters. The Bertz CT molecular complexity index is 385. The van der Waals surface area contributed by atoms with Gasteiger partial charge < -0.3 is 20.5 Å². The summed E-state index contributed by atoms with van der Waals surface area (Å²) in [5.74, 6) is -1.51. The lowest BCUT2D eigenvalue weighted by molar-refractivity contribution is -0.141. The monoisotopic (exact) mass is 286 g/mol. The highest BCUT2D eigenvalue weighted by Gasteiger charge is 2.16. The Morgan fingerprint density at radius 1 is 1.25 bits per heavy atom. The summed E-state index contributed by atoms with van der Waals surface area (Å²) < 4.78 is 5.02. The second-order valence-corrected chi connectivity index (χ2v) is 5.18. The Morgan fingerprint density at radius 2 is 1.85 bits per heavy atom. The van der Waals surface area contributed by atoms with Gasteiger partial charge in [0.15, 0.2) is 0 Å². The lowest BCUT2D eigenvalue weighted by Gasteiger charge is -2.19. The van der Waals surface area contributed by atoms with Gasteiger partial charge in [-0.25, -0.2) is 9.59 Å². The third kappa shape index (κ3) is 9.93. The fraction of sp³-hybridized carbons (Fsp3) is 0.615. The number of ether oxygens (including phenoxy) is 1. The first-order chi connectivity index (χ1) is 9.11. The third-order valence-electron chi connectivity index (χ3n) is 1.98. The van der Waals surface area contributed by atoms with Gasteiger partial charge in [0.05, 0.1) is 0 Å². The van der Waals surface area contributed by atoms with Gasteiger partial charge in [-0.05, 0) is 27.2 Å². The van der Waals surface area contributed by atoms with Crippen molar-refractivity contribution in [3.8, 4) is 0 Å². The van der Waals surface area contributed by atoms with Crippen LogP contribution in [-0.2, 0) is 14.3 Å². The summed E-state index contributed by atoms with van der Waals surface area (Å²) in [6.45, 7) is 6.75. The van der Waals surface area contributed by atoms with Crippen LogP contribution in [0.4, 0.5) is 4.79 Å². The average molecular weight is 286 g/mol. The molecule has 0 heterocycles. The summed E-state index contributed by atoms with van der Waals surface area (Å²) in [6, 6.07) is -0.967. The zero-order valence-corrected chi connectivity index (χ0v) is 12.2. The van der Waals surface area contributed by atoms with E-state index < -0.39 is 29.6 Å². The molecule has 0 aromatic heterocycles. The molecule has 3 N–H and O–H groups in total. The van der Waals surface area contributed by atoms with Crippen LogP contribution in [0.5, 0.6) is 0 Å². The van der Waals surface area contributed by atoms with Gasteiger partial charge in [0.1, 0.15) is 11.6 Å². The molecule has 0 fully saturated rings. The molecule has 7 nitrogen and oxygen atoms in total. The molecule has 0 saturated carbocycles. The van der Waals surface area contributed by atoms with Gasteiger partial charge in [0.2, 0.25) is 5.91 Å². The van der Waals surface area contributed by atoms with Crippen molar-refractivity contribution in [1.29, 1.82) is 0 Å². The Labute approximate surface area is 118 Å². The second-order valence-electron chi connectivity index (χ2n) is 5.18. The smallest absolute Gasteiger partial charge is 0.407 e. The number of amides is 2. The maximum Gasteiger partial charge on any atom is 0.407 e. The highest BCUT2D eigenvalue weighted by atomic mass is 16.6. The van der Waals surface area contributed by atoms with E-state index in [-0.39, 0.29) is 13.0 Å². The zero-order valence-electron chi connectivity index (χ0n) is 12.2. The molecule has 20 heavy (non-hydrogen) atoms. The molecule has 0 rings (SSSR count). The molecule has 1 unspecified atom stereocenters. The number of carbonyl (C=O) groups excluding carboxylic acids is 2. The van der Waals surface area contributed by atoms with E-state index in [1.54, 1.807) is 32.9 Å². The Balaban J connectivity index is 4.04. The topological polar surface area (TPSA) is 105 Å². The van der Waals surface area contributed by atoms with Gasteiger partial charge in [0.25, 0.3) is 0 Å². The minimum Gasteiger partial charge on any atom is -0.480 e. The first kappa shape index (κ1) is 17.9. The molecule has 0 aromatic rings. The van der Waals surface area contributed by atoms with Crippen LogP contribution in [-0.4, -0.2) is 41.3 Å². The molecule has 2 amide bonds. The maximum atomic E-state index is 11.3. The first-order valence-corrected chi connectivity index (χ1v) is 6.23. The molecule has 7 heteroatoms. The van der Waals surface area contributed by atoms with Crippen molar-refractivity contribution in [2.24, 2.45) is 0 Å².